The van der Waals surface area contributed by atoms with Crippen molar-refractivity contribution < 1.29 is 13.2 Å². The van der Waals surface area contributed by atoms with Crippen LogP contribution in [0.3, 0.4) is 0 Å². The molecule has 21 heavy (non-hydrogen) atoms. The number of hydrogen-bond donors (Lipinski definition) is 1. The van der Waals surface area contributed by atoms with Gasteiger partial charge < -0.3 is 5.32 Å². The van der Waals surface area contributed by atoms with Crippen LogP contribution in [0.4, 0.5) is 0 Å². The third kappa shape index (κ3) is 3.32. The van der Waals surface area contributed by atoms with Crippen LogP contribution in [-0.2, 0) is 21.1 Å². The molecule has 0 aromatic carbocycles. The van der Waals surface area contributed by atoms with Gasteiger partial charge in [-0.25, -0.2) is 8.42 Å². The Bertz CT molecular complexity index is 642. The molecule has 2 heterocycles. The lowest BCUT2D eigenvalue weighted by Crippen LogP contribution is -2.46. The molecule has 114 valence electrons. The average molecular weight is 308 g/mol. The Hall–Kier alpha value is -1.27. The number of hydrogen-bond acceptors (Lipinski definition) is 5. The van der Waals surface area contributed by atoms with Crippen LogP contribution < -0.4 is 5.32 Å². The van der Waals surface area contributed by atoms with Gasteiger partial charge in [-0.2, -0.15) is 0 Å². The Labute approximate surface area is 125 Å². The Balaban J connectivity index is 1.72. The maximum atomic E-state index is 12.6. The Morgan fingerprint density at radius 3 is 3.10 bits per heavy atom. The summed E-state index contributed by atoms with van der Waals surface area (Å²) < 4.78 is 23.3. The van der Waals surface area contributed by atoms with Gasteiger partial charge in [0, 0.05) is 25.2 Å². The molecule has 5 nitrogen and oxygen atoms in total. The molecule has 1 fully saturated rings. The van der Waals surface area contributed by atoms with Gasteiger partial charge in [-0.3, -0.25) is 9.78 Å². The first-order valence-corrected chi connectivity index (χ1v) is 9.27. The number of sulfone groups is 1. The number of pyridine rings is 1. The second-order valence-corrected chi connectivity index (χ2v) is 8.16. The van der Waals surface area contributed by atoms with E-state index >= 15 is 0 Å². The zero-order valence-electron chi connectivity index (χ0n) is 11.9. The quantitative estimate of drug-likeness (QED) is 0.896. The second kappa shape index (κ2) is 5.85. The van der Waals surface area contributed by atoms with Gasteiger partial charge in [-0.05, 0) is 30.9 Å². The number of Topliss-reactive ketones (excluding diaryl/α,β-unsaturated/α-hetero) is 1. The first kappa shape index (κ1) is 14.7. The Kier molecular flexibility index (Phi) is 4.08. The van der Waals surface area contributed by atoms with E-state index in [9.17, 15) is 13.2 Å². The van der Waals surface area contributed by atoms with Crippen LogP contribution in [0, 0.1) is 0 Å². The molecule has 1 aromatic rings. The van der Waals surface area contributed by atoms with Crippen LogP contribution in [0.2, 0.25) is 0 Å². The number of rotatable bonds is 3. The van der Waals surface area contributed by atoms with Crippen molar-refractivity contribution in [2.45, 2.75) is 37.6 Å². The largest absolute Gasteiger partial charge is 0.312 e. The van der Waals surface area contributed by atoms with Crippen molar-refractivity contribution in [1.29, 1.82) is 0 Å². The maximum absolute atomic E-state index is 12.6. The fourth-order valence-corrected chi connectivity index (χ4v) is 4.75. The van der Waals surface area contributed by atoms with E-state index in [-0.39, 0.29) is 35.7 Å². The average Bonchev–Trinajstić information content (AvgIpc) is 2.45. The number of fused-ring (bicyclic) bond motifs is 1. The minimum absolute atomic E-state index is 0.0700. The number of carbonyl (C=O) groups is 1. The normalized spacial score (nSPS) is 27.8. The smallest absolute Gasteiger partial charge is 0.153 e. The number of aryl methyl sites for hydroxylation is 1. The van der Waals surface area contributed by atoms with E-state index in [4.69, 9.17) is 0 Å². The first-order chi connectivity index (χ1) is 10.1. The van der Waals surface area contributed by atoms with Gasteiger partial charge in [0.25, 0.3) is 0 Å². The molecule has 2 unspecified atom stereocenters. The zero-order valence-corrected chi connectivity index (χ0v) is 12.7. The fraction of sp³-hybridized carbons (Fsp3) is 0.600. The van der Waals surface area contributed by atoms with Crippen molar-refractivity contribution in [2.75, 3.05) is 18.1 Å². The summed E-state index contributed by atoms with van der Waals surface area (Å²) in [5.74, 6) is 0.192. The Morgan fingerprint density at radius 1 is 1.43 bits per heavy atom. The standard InChI is InChI=1S/C15H20N2O3S/c18-14(9-12-10-21(19,20)8-7-16-12)13-5-1-3-11-4-2-6-17-15(11)13/h2,4,6,12-13,16H,1,3,5,7-10H2. The van der Waals surface area contributed by atoms with E-state index in [2.05, 4.69) is 10.3 Å². The molecule has 0 radical (unpaired) electrons. The molecular formula is C15H20N2O3S. The summed E-state index contributed by atoms with van der Waals surface area (Å²) in [7, 11) is -3.00. The molecule has 1 aliphatic heterocycles. The van der Waals surface area contributed by atoms with Gasteiger partial charge in [-0.1, -0.05) is 6.07 Å². The zero-order chi connectivity index (χ0) is 14.9. The minimum Gasteiger partial charge on any atom is -0.312 e. The highest BCUT2D eigenvalue weighted by atomic mass is 32.2. The third-order valence-corrected chi connectivity index (χ3v) is 6.07. The molecule has 1 saturated heterocycles. The van der Waals surface area contributed by atoms with Crippen LogP contribution in [0.5, 0.6) is 0 Å². The molecule has 2 aliphatic rings. The topological polar surface area (TPSA) is 76.1 Å². The van der Waals surface area contributed by atoms with E-state index in [1.807, 2.05) is 12.1 Å². The van der Waals surface area contributed by atoms with Gasteiger partial charge in [0.15, 0.2) is 9.84 Å². The highest BCUT2D eigenvalue weighted by molar-refractivity contribution is 7.91. The summed E-state index contributed by atoms with van der Waals surface area (Å²) in [6.45, 7) is 0.444. The molecule has 2 atom stereocenters. The third-order valence-electron chi connectivity index (χ3n) is 4.33. The molecular weight excluding hydrogens is 288 g/mol. The van der Waals surface area contributed by atoms with Gasteiger partial charge in [0.1, 0.15) is 5.78 Å². The lowest BCUT2D eigenvalue weighted by Gasteiger charge is -2.27. The summed E-state index contributed by atoms with van der Waals surface area (Å²) in [6.07, 6.45) is 4.80. The minimum atomic E-state index is -3.00. The lowest BCUT2D eigenvalue weighted by molar-refractivity contribution is -0.121. The number of ketones is 1. The predicted octanol–water partition coefficient (Wildman–Crippen LogP) is 0.847. The van der Waals surface area contributed by atoms with Crippen molar-refractivity contribution >= 4 is 15.6 Å². The van der Waals surface area contributed by atoms with Gasteiger partial charge >= 0.3 is 0 Å². The van der Waals surface area contributed by atoms with E-state index in [1.54, 1.807) is 6.20 Å². The SMILES string of the molecule is O=C(CC1CS(=O)(=O)CCN1)C1CCCc2cccnc21. The predicted molar refractivity (Wildman–Crippen MR) is 80.0 cm³/mol. The van der Waals surface area contributed by atoms with Crippen LogP contribution >= 0.6 is 0 Å². The molecule has 1 aliphatic carbocycles. The van der Waals surface area contributed by atoms with Crippen molar-refractivity contribution in [1.82, 2.24) is 10.3 Å². The molecule has 1 aromatic heterocycles. The molecule has 1 N–H and O–H groups in total. The van der Waals surface area contributed by atoms with Gasteiger partial charge in [0.2, 0.25) is 0 Å². The monoisotopic (exact) mass is 308 g/mol. The van der Waals surface area contributed by atoms with Crippen LogP contribution in [0.1, 0.15) is 36.4 Å². The van der Waals surface area contributed by atoms with Crippen LogP contribution in [0.25, 0.3) is 0 Å². The number of aromatic nitrogens is 1. The summed E-state index contributed by atoms with van der Waals surface area (Å²) >= 11 is 0. The molecule has 0 saturated carbocycles. The molecule has 3 rings (SSSR count). The van der Waals surface area contributed by atoms with E-state index in [0.717, 1.165) is 30.5 Å². The summed E-state index contributed by atoms with van der Waals surface area (Å²) in [4.78, 5) is 16.9. The van der Waals surface area contributed by atoms with E-state index < -0.39 is 9.84 Å². The molecule has 0 bridgehead atoms. The number of nitrogens with zero attached hydrogens (tertiary/aromatic N) is 1. The second-order valence-electron chi connectivity index (χ2n) is 5.93. The van der Waals surface area contributed by atoms with Crippen LogP contribution in [-0.4, -0.2) is 43.3 Å². The van der Waals surface area contributed by atoms with Crippen LogP contribution in [0.15, 0.2) is 18.3 Å². The summed E-state index contributed by atoms with van der Waals surface area (Å²) in [5.41, 5.74) is 2.05. The molecule has 6 heteroatoms. The van der Waals surface area contributed by atoms with Crippen molar-refractivity contribution in [3.05, 3.63) is 29.6 Å². The fourth-order valence-electron chi connectivity index (χ4n) is 3.31. The lowest BCUT2D eigenvalue weighted by atomic mass is 9.82. The Morgan fingerprint density at radius 2 is 2.29 bits per heavy atom. The molecule has 0 spiro atoms. The summed E-state index contributed by atoms with van der Waals surface area (Å²) in [5, 5.41) is 3.15. The van der Waals surface area contributed by atoms with Crippen molar-refractivity contribution in [2.24, 2.45) is 0 Å². The number of carbonyl (C=O) groups excluding carboxylic acids is 1. The highest BCUT2D eigenvalue weighted by Crippen LogP contribution is 2.31. The molecule has 0 amide bonds. The van der Waals surface area contributed by atoms with Crippen molar-refractivity contribution in [3.63, 3.8) is 0 Å². The van der Waals surface area contributed by atoms with Gasteiger partial charge in [-0.15, -0.1) is 0 Å². The summed E-state index contributed by atoms with van der Waals surface area (Å²) in [6, 6.07) is 3.69. The highest BCUT2D eigenvalue weighted by Gasteiger charge is 2.31. The number of nitrogens with one attached hydrogen (secondary N) is 1. The van der Waals surface area contributed by atoms with Crippen molar-refractivity contribution in [3.8, 4) is 0 Å². The van der Waals surface area contributed by atoms with E-state index in [0.29, 0.717) is 6.54 Å². The first-order valence-electron chi connectivity index (χ1n) is 7.45. The maximum Gasteiger partial charge on any atom is 0.153 e. The van der Waals surface area contributed by atoms with Gasteiger partial charge in [0.05, 0.1) is 23.1 Å². The van der Waals surface area contributed by atoms with E-state index in [1.165, 1.54) is 0 Å².